The maximum atomic E-state index is 13.7. The molecule has 0 spiro atoms. The van der Waals surface area contributed by atoms with Crippen LogP contribution in [-0.2, 0) is 4.79 Å². The lowest BCUT2D eigenvalue weighted by molar-refractivity contribution is -0.125. The van der Waals surface area contributed by atoms with Gasteiger partial charge < -0.3 is 21.1 Å². The number of anilines is 2. The second kappa shape index (κ2) is 8.93. The van der Waals surface area contributed by atoms with Gasteiger partial charge in [-0.1, -0.05) is 18.2 Å². The average Bonchev–Trinajstić information content (AvgIpc) is 3.43. The number of nitrogens with zero attached hydrogens (tertiary/aromatic N) is 5. The highest BCUT2D eigenvalue weighted by molar-refractivity contribution is 5.88. The molecule has 2 aromatic heterocycles. The molecule has 5 rings (SSSR count). The highest BCUT2D eigenvalue weighted by Gasteiger charge is 2.31. The normalized spacial score (nSPS) is 15.8. The number of aromatic nitrogens is 4. The summed E-state index contributed by atoms with van der Waals surface area (Å²) in [6.07, 6.45) is 1.54. The number of carbonyl (C=O) groups is 1. The Hall–Kier alpha value is -4.67. The van der Waals surface area contributed by atoms with Gasteiger partial charge in [-0.3, -0.25) is 13.9 Å². The maximum Gasteiger partial charge on any atom is 0.335 e. The number of imidazole rings is 1. The number of fused-ring (bicyclic) bond motifs is 1. The summed E-state index contributed by atoms with van der Waals surface area (Å²) in [6.45, 7) is 0.588. The number of nitrogens with two attached hydrogens (primary N) is 2. The van der Waals surface area contributed by atoms with Crippen LogP contribution in [0.5, 0.6) is 11.5 Å². The van der Waals surface area contributed by atoms with E-state index in [0.29, 0.717) is 35.7 Å². The van der Waals surface area contributed by atoms with Gasteiger partial charge in [0.05, 0.1) is 18.1 Å². The summed E-state index contributed by atoms with van der Waals surface area (Å²) >= 11 is 0. The number of ether oxygens (including phenoxy) is 1. The number of hydrogen-bond donors (Lipinski definition) is 2. The van der Waals surface area contributed by atoms with Crippen molar-refractivity contribution in [3.63, 3.8) is 0 Å². The van der Waals surface area contributed by atoms with Crippen LogP contribution in [0.4, 0.5) is 16.2 Å². The third-order valence-electron chi connectivity index (χ3n) is 5.88. The predicted octanol–water partition coefficient (Wildman–Crippen LogP) is 2.80. The quantitative estimate of drug-likeness (QED) is 0.424. The Morgan fingerprint density at radius 3 is 2.49 bits per heavy atom. The van der Waals surface area contributed by atoms with E-state index in [1.165, 1.54) is 14.0 Å². The molecule has 0 aliphatic carbocycles. The SMILES string of the molecule is Nc1nc(N)c2c(n1)n([C@@H]1CCN(C(=O)C=CF)C1)c(=O)n2-c1ccc(Oc2ccccc2)cc1. The number of amides is 1. The molecule has 2 aromatic carbocycles. The second-order valence-electron chi connectivity index (χ2n) is 8.06. The fourth-order valence-corrected chi connectivity index (χ4v) is 4.32. The van der Waals surface area contributed by atoms with E-state index in [4.69, 9.17) is 16.2 Å². The number of nitrogen functional groups attached to an aromatic ring is 2. The predicted molar refractivity (Wildman–Crippen MR) is 129 cm³/mol. The number of rotatable bonds is 5. The first-order valence-corrected chi connectivity index (χ1v) is 10.9. The maximum absolute atomic E-state index is 13.7. The van der Waals surface area contributed by atoms with Crippen LogP contribution < -0.4 is 21.9 Å². The summed E-state index contributed by atoms with van der Waals surface area (Å²) in [7, 11) is 0. The highest BCUT2D eigenvalue weighted by atomic mass is 19.1. The standard InChI is InChI=1S/C24H22FN7O3/c25-12-10-19(33)30-13-11-16(14-30)32-22-20(21(26)28-23(27)29-22)31(24(32)34)15-6-8-18(9-7-15)35-17-4-2-1-3-5-17/h1-10,12,16H,11,13-14H2,(H4,26,27,28,29)/t16-/m1/s1. The number of halogens is 1. The molecule has 1 amide bonds. The smallest absolute Gasteiger partial charge is 0.335 e. The first kappa shape index (κ1) is 22.1. The van der Waals surface area contributed by atoms with E-state index in [1.807, 2.05) is 30.3 Å². The van der Waals surface area contributed by atoms with Crippen LogP contribution in [0.25, 0.3) is 16.9 Å². The van der Waals surface area contributed by atoms with Crippen LogP contribution in [0, 0.1) is 0 Å². The Labute approximate surface area is 198 Å². The van der Waals surface area contributed by atoms with Crippen molar-refractivity contribution in [1.82, 2.24) is 24.0 Å². The lowest BCUT2D eigenvalue weighted by atomic mass is 10.2. The topological polar surface area (TPSA) is 134 Å². The van der Waals surface area contributed by atoms with E-state index in [9.17, 15) is 14.0 Å². The largest absolute Gasteiger partial charge is 0.457 e. The van der Waals surface area contributed by atoms with Gasteiger partial charge in [-0.2, -0.15) is 9.97 Å². The summed E-state index contributed by atoms with van der Waals surface area (Å²) in [6, 6.07) is 15.9. The molecule has 1 atom stereocenters. The molecule has 11 heteroatoms. The monoisotopic (exact) mass is 475 g/mol. The molecule has 0 unspecified atom stereocenters. The lowest BCUT2D eigenvalue weighted by Crippen LogP contribution is -2.31. The zero-order chi connectivity index (χ0) is 24.5. The molecule has 0 radical (unpaired) electrons. The summed E-state index contributed by atoms with van der Waals surface area (Å²) in [5.74, 6) is 0.800. The van der Waals surface area contributed by atoms with Crippen molar-refractivity contribution < 1.29 is 13.9 Å². The minimum absolute atomic E-state index is 0.0549. The van der Waals surface area contributed by atoms with Gasteiger partial charge in [0, 0.05) is 19.2 Å². The van der Waals surface area contributed by atoms with Crippen LogP contribution in [0.15, 0.2) is 71.8 Å². The van der Waals surface area contributed by atoms with Crippen LogP contribution in [-0.4, -0.2) is 43.0 Å². The Balaban J connectivity index is 1.56. The zero-order valence-corrected chi connectivity index (χ0v) is 18.5. The molecule has 0 bridgehead atoms. The summed E-state index contributed by atoms with van der Waals surface area (Å²) in [5.41, 5.74) is 12.7. The minimum atomic E-state index is -0.463. The van der Waals surface area contributed by atoms with Gasteiger partial charge in [0.15, 0.2) is 11.5 Å². The van der Waals surface area contributed by atoms with E-state index in [0.717, 1.165) is 6.08 Å². The van der Waals surface area contributed by atoms with Crippen molar-refractivity contribution in [2.45, 2.75) is 12.5 Å². The molecule has 35 heavy (non-hydrogen) atoms. The van der Waals surface area contributed by atoms with Crippen LogP contribution in [0.3, 0.4) is 0 Å². The van der Waals surface area contributed by atoms with Gasteiger partial charge in [-0.25, -0.2) is 9.18 Å². The van der Waals surface area contributed by atoms with Gasteiger partial charge in [0.25, 0.3) is 0 Å². The van der Waals surface area contributed by atoms with Crippen molar-refractivity contribution in [3.8, 4) is 17.2 Å². The first-order valence-electron chi connectivity index (χ1n) is 10.9. The molecule has 1 saturated heterocycles. The Kier molecular flexibility index (Phi) is 5.65. The van der Waals surface area contributed by atoms with Crippen LogP contribution in [0.1, 0.15) is 12.5 Å². The molecule has 10 nitrogen and oxygen atoms in total. The van der Waals surface area contributed by atoms with Gasteiger partial charge in [-0.05, 0) is 42.8 Å². The fourth-order valence-electron chi connectivity index (χ4n) is 4.32. The number of benzene rings is 2. The van der Waals surface area contributed by atoms with Crippen molar-refractivity contribution in [2.24, 2.45) is 0 Å². The average molecular weight is 475 g/mol. The zero-order valence-electron chi connectivity index (χ0n) is 18.5. The van der Waals surface area contributed by atoms with Crippen LogP contribution >= 0.6 is 0 Å². The van der Waals surface area contributed by atoms with Gasteiger partial charge in [0.2, 0.25) is 11.9 Å². The van der Waals surface area contributed by atoms with Gasteiger partial charge >= 0.3 is 5.69 Å². The molecule has 178 valence electrons. The molecule has 3 heterocycles. The van der Waals surface area contributed by atoms with Crippen molar-refractivity contribution in [1.29, 1.82) is 0 Å². The van der Waals surface area contributed by atoms with E-state index >= 15 is 0 Å². The molecule has 4 aromatic rings. The Morgan fingerprint density at radius 1 is 1.06 bits per heavy atom. The number of para-hydroxylation sites is 1. The van der Waals surface area contributed by atoms with E-state index in [-0.39, 0.29) is 30.3 Å². The van der Waals surface area contributed by atoms with Crippen molar-refractivity contribution in [2.75, 3.05) is 24.6 Å². The van der Waals surface area contributed by atoms with E-state index in [2.05, 4.69) is 9.97 Å². The highest BCUT2D eigenvalue weighted by Crippen LogP contribution is 2.29. The molecular weight excluding hydrogens is 453 g/mol. The third-order valence-corrected chi connectivity index (χ3v) is 5.88. The Morgan fingerprint density at radius 2 is 1.77 bits per heavy atom. The van der Waals surface area contributed by atoms with Crippen molar-refractivity contribution >= 4 is 28.8 Å². The summed E-state index contributed by atoms with van der Waals surface area (Å²) in [4.78, 5) is 35.6. The molecule has 1 aliphatic heterocycles. The number of carbonyl (C=O) groups excluding carboxylic acids is 1. The number of hydrogen-bond acceptors (Lipinski definition) is 7. The molecule has 0 saturated carbocycles. The molecule has 1 aliphatic rings. The molecule has 1 fully saturated rings. The van der Waals surface area contributed by atoms with Crippen molar-refractivity contribution in [3.05, 3.63) is 77.5 Å². The van der Waals surface area contributed by atoms with Crippen LogP contribution in [0.2, 0.25) is 0 Å². The summed E-state index contributed by atoms with van der Waals surface area (Å²) < 4.78 is 21.2. The Bertz CT molecular complexity index is 1480. The van der Waals surface area contributed by atoms with E-state index in [1.54, 1.807) is 24.3 Å². The minimum Gasteiger partial charge on any atom is -0.457 e. The summed E-state index contributed by atoms with van der Waals surface area (Å²) in [5, 5.41) is 0. The van der Waals surface area contributed by atoms with Gasteiger partial charge in [0.1, 0.15) is 17.0 Å². The van der Waals surface area contributed by atoms with E-state index < -0.39 is 17.6 Å². The number of likely N-dealkylation sites (tertiary alicyclic amines) is 1. The molecular formula is C24H22FN7O3. The third kappa shape index (κ3) is 4.07. The molecule has 4 N–H and O–H groups in total. The lowest BCUT2D eigenvalue weighted by Gasteiger charge is -2.15. The van der Waals surface area contributed by atoms with Gasteiger partial charge in [-0.15, -0.1) is 0 Å². The first-order chi connectivity index (χ1) is 17.0. The fraction of sp³-hybridized carbons (Fsp3) is 0.167. The second-order valence-corrected chi connectivity index (χ2v) is 8.06.